The van der Waals surface area contributed by atoms with Gasteiger partial charge in [-0.05, 0) is 85.2 Å². The van der Waals surface area contributed by atoms with Gasteiger partial charge >= 0.3 is 0 Å². The number of aromatic hydroxyl groups is 2. The van der Waals surface area contributed by atoms with E-state index in [0.717, 1.165) is 54.4 Å². The molecule has 49 heavy (non-hydrogen) atoms. The largest absolute Gasteiger partial charge is 0.508 e. The number of carbonyl (C=O) groups is 2. The maximum Gasteiger partial charge on any atom is 0.165 e. The van der Waals surface area contributed by atoms with Gasteiger partial charge in [-0.3, -0.25) is 9.59 Å². The lowest BCUT2D eigenvalue weighted by Crippen LogP contribution is -2.20. The summed E-state index contributed by atoms with van der Waals surface area (Å²) in [4.78, 5) is 28.5. The Labute approximate surface area is 288 Å². The van der Waals surface area contributed by atoms with Gasteiger partial charge in [-0.1, -0.05) is 61.4 Å². The second-order valence-corrected chi connectivity index (χ2v) is 12.6. The van der Waals surface area contributed by atoms with E-state index in [1.165, 1.54) is 0 Å². The highest BCUT2D eigenvalue weighted by molar-refractivity contribution is 5.96. The molecule has 8 N–H and O–H groups in total. The number of benzene rings is 3. The SMILES string of the molecule is C[C@H](O)CCCCC/C=C/C(=O)CCc1ccc(O)c(OCCc2ccc(O)c([C@H](CC(=O)c3cc[nH]c3)c3ccc(C(N)N)cc3)c2)c1. The van der Waals surface area contributed by atoms with Crippen molar-refractivity contribution in [1.29, 1.82) is 0 Å². The third-order valence-electron chi connectivity index (χ3n) is 8.63. The third-order valence-corrected chi connectivity index (χ3v) is 8.63. The summed E-state index contributed by atoms with van der Waals surface area (Å²) in [5, 5.41) is 30.7. The van der Waals surface area contributed by atoms with Gasteiger partial charge in [-0.2, -0.15) is 0 Å². The fourth-order valence-corrected chi connectivity index (χ4v) is 5.75. The lowest BCUT2D eigenvalue weighted by Gasteiger charge is -2.20. The molecule has 2 atom stereocenters. The van der Waals surface area contributed by atoms with E-state index in [0.29, 0.717) is 36.1 Å². The predicted molar refractivity (Wildman–Crippen MR) is 192 cm³/mol. The summed E-state index contributed by atoms with van der Waals surface area (Å²) in [5.41, 5.74) is 16.2. The number of aliphatic hydroxyl groups is 1. The predicted octanol–water partition coefficient (Wildman–Crippen LogP) is 6.76. The molecule has 9 heteroatoms. The summed E-state index contributed by atoms with van der Waals surface area (Å²) in [5.74, 6) is -0.00321. The number of hydrogen-bond acceptors (Lipinski definition) is 8. The van der Waals surface area contributed by atoms with Gasteiger partial charge in [0.2, 0.25) is 0 Å². The molecule has 0 aliphatic heterocycles. The van der Waals surface area contributed by atoms with Crippen molar-refractivity contribution in [3.8, 4) is 17.2 Å². The number of ketones is 2. The number of H-pyrrole nitrogens is 1. The van der Waals surface area contributed by atoms with Crippen LogP contribution in [0.25, 0.3) is 0 Å². The van der Waals surface area contributed by atoms with Crippen molar-refractivity contribution in [3.63, 3.8) is 0 Å². The van der Waals surface area contributed by atoms with E-state index in [9.17, 15) is 24.9 Å². The highest BCUT2D eigenvalue weighted by atomic mass is 16.5. The number of aromatic nitrogens is 1. The van der Waals surface area contributed by atoms with Gasteiger partial charge in [0.05, 0.1) is 18.9 Å². The number of hydrogen-bond donors (Lipinski definition) is 6. The Bertz CT molecular complexity index is 1660. The number of carbonyl (C=O) groups excluding carboxylic acids is 2. The van der Waals surface area contributed by atoms with E-state index < -0.39 is 12.1 Å². The Balaban J connectivity index is 1.37. The molecule has 0 fully saturated rings. The number of phenols is 2. The molecule has 0 saturated carbocycles. The molecule has 1 heterocycles. The number of unbranched alkanes of at least 4 members (excludes halogenated alkanes) is 3. The van der Waals surface area contributed by atoms with Crippen LogP contribution in [0.15, 0.2) is 91.3 Å². The number of nitrogens with two attached hydrogens (primary N) is 2. The van der Waals surface area contributed by atoms with Gasteiger partial charge in [0, 0.05) is 48.7 Å². The van der Waals surface area contributed by atoms with Crippen LogP contribution in [0.2, 0.25) is 0 Å². The summed E-state index contributed by atoms with van der Waals surface area (Å²) in [7, 11) is 0. The van der Waals surface area contributed by atoms with E-state index in [1.54, 1.807) is 55.7 Å². The zero-order valence-corrected chi connectivity index (χ0v) is 28.2. The molecule has 0 saturated heterocycles. The average molecular weight is 668 g/mol. The van der Waals surface area contributed by atoms with Crippen LogP contribution in [-0.4, -0.2) is 44.6 Å². The quantitative estimate of drug-likeness (QED) is 0.0260. The molecule has 0 bridgehead atoms. The van der Waals surface area contributed by atoms with Gasteiger partial charge < -0.3 is 36.5 Å². The number of nitrogens with one attached hydrogen (secondary N) is 1. The first-order valence-electron chi connectivity index (χ1n) is 17.0. The standard InChI is InChI=1S/C40H49N3O6/c1-27(44)7-5-3-2-4-6-8-33(45)16-9-28-11-18-37(47)39(24-28)49-22-20-29-10-17-36(46)35(23-29)34(25-38(48)32-19-21-43-26-32)30-12-14-31(15-13-30)40(41)42/h6,8,10-15,17-19,21,23-24,26-27,34,40,43-44,46-47H,2-5,7,9,16,20,22,25,41-42H2,1H3/b8-6+/t27-,34+/m0/s1. The molecule has 3 aromatic carbocycles. The first-order valence-corrected chi connectivity index (χ1v) is 17.0. The van der Waals surface area contributed by atoms with Gasteiger partial charge in [0.1, 0.15) is 5.75 Å². The van der Waals surface area contributed by atoms with Gasteiger partial charge in [0.15, 0.2) is 23.1 Å². The number of allylic oxidation sites excluding steroid dienone is 2. The van der Waals surface area contributed by atoms with E-state index >= 15 is 0 Å². The number of aromatic amines is 1. The van der Waals surface area contributed by atoms with Crippen LogP contribution in [0.3, 0.4) is 0 Å². The molecule has 4 aromatic rings. The van der Waals surface area contributed by atoms with Crippen LogP contribution in [0.1, 0.15) is 102 Å². The summed E-state index contributed by atoms with van der Waals surface area (Å²) in [6.07, 6.45) is 12.2. The second kappa shape index (κ2) is 18.7. The van der Waals surface area contributed by atoms with Crippen molar-refractivity contribution < 1.29 is 29.6 Å². The molecule has 260 valence electrons. The maximum absolute atomic E-state index is 13.2. The molecule has 0 aliphatic rings. The van der Waals surface area contributed by atoms with Gasteiger partial charge in [-0.25, -0.2) is 0 Å². The molecule has 4 rings (SSSR count). The average Bonchev–Trinajstić information content (AvgIpc) is 3.63. The highest BCUT2D eigenvalue weighted by Gasteiger charge is 2.23. The van der Waals surface area contributed by atoms with Crippen LogP contribution in [0.4, 0.5) is 0 Å². The zero-order chi connectivity index (χ0) is 35.2. The Morgan fingerprint density at radius 2 is 1.59 bits per heavy atom. The summed E-state index contributed by atoms with van der Waals surface area (Å²) in [6.45, 7) is 2.06. The highest BCUT2D eigenvalue weighted by Crippen LogP contribution is 2.36. The molecule has 0 aliphatic carbocycles. The van der Waals surface area contributed by atoms with E-state index in [4.69, 9.17) is 16.2 Å². The molecular formula is C40H49N3O6. The first-order chi connectivity index (χ1) is 23.6. The van der Waals surface area contributed by atoms with E-state index in [1.807, 2.05) is 42.5 Å². The molecular weight excluding hydrogens is 618 g/mol. The van der Waals surface area contributed by atoms with Crippen molar-refractivity contribution >= 4 is 11.6 Å². The molecule has 0 radical (unpaired) electrons. The van der Waals surface area contributed by atoms with Gasteiger partial charge in [-0.15, -0.1) is 0 Å². The third kappa shape index (κ3) is 11.7. The molecule has 0 amide bonds. The lowest BCUT2D eigenvalue weighted by molar-refractivity contribution is -0.114. The Kier molecular flexibility index (Phi) is 14.2. The fraction of sp³-hybridized carbons (Fsp3) is 0.350. The number of aliphatic hydroxyl groups excluding tert-OH is 1. The number of phenolic OH excluding ortho intramolecular Hbond substituents is 2. The summed E-state index contributed by atoms with van der Waals surface area (Å²) >= 11 is 0. The molecule has 0 unspecified atom stereocenters. The van der Waals surface area contributed by atoms with Crippen LogP contribution in [0, 0.1) is 0 Å². The van der Waals surface area contributed by atoms with Crippen LogP contribution >= 0.6 is 0 Å². The Morgan fingerprint density at radius 1 is 0.878 bits per heavy atom. The summed E-state index contributed by atoms with van der Waals surface area (Å²) in [6, 6.07) is 19.6. The first kappa shape index (κ1) is 37.1. The second-order valence-electron chi connectivity index (χ2n) is 12.6. The number of rotatable bonds is 20. The monoisotopic (exact) mass is 667 g/mol. The van der Waals surface area contributed by atoms with Crippen LogP contribution in [-0.2, 0) is 17.6 Å². The number of ether oxygens (including phenoxy) is 1. The topological polar surface area (TPSA) is 172 Å². The maximum atomic E-state index is 13.2. The summed E-state index contributed by atoms with van der Waals surface area (Å²) < 4.78 is 5.97. The normalized spacial score (nSPS) is 12.8. The lowest BCUT2D eigenvalue weighted by atomic mass is 9.84. The van der Waals surface area contributed by atoms with Crippen molar-refractivity contribution in [1.82, 2.24) is 4.98 Å². The van der Waals surface area contributed by atoms with Crippen molar-refractivity contribution in [2.75, 3.05) is 6.61 Å². The number of Topliss-reactive ketones (excluding diaryl/α,β-unsaturated/α-hetero) is 1. The van der Waals surface area contributed by atoms with E-state index in [-0.39, 0.29) is 42.2 Å². The Morgan fingerprint density at radius 3 is 2.29 bits per heavy atom. The van der Waals surface area contributed by atoms with Crippen LogP contribution < -0.4 is 16.2 Å². The minimum absolute atomic E-state index is 0.0148. The Hall–Kier alpha value is -4.70. The molecule has 9 nitrogen and oxygen atoms in total. The minimum Gasteiger partial charge on any atom is -0.508 e. The van der Waals surface area contributed by atoms with Crippen molar-refractivity contribution in [3.05, 3.63) is 125 Å². The molecule has 1 aromatic heterocycles. The number of aryl methyl sites for hydroxylation is 1. The van der Waals surface area contributed by atoms with Crippen molar-refractivity contribution in [2.24, 2.45) is 11.5 Å². The minimum atomic E-state index is -0.622. The smallest absolute Gasteiger partial charge is 0.165 e. The molecule has 0 spiro atoms. The fourth-order valence-electron chi connectivity index (χ4n) is 5.75. The zero-order valence-electron chi connectivity index (χ0n) is 28.2. The van der Waals surface area contributed by atoms with Crippen molar-refractivity contribution in [2.45, 2.75) is 82.9 Å². The van der Waals surface area contributed by atoms with Crippen LogP contribution in [0.5, 0.6) is 17.2 Å². The van der Waals surface area contributed by atoms with Gasteiger partial charge in [0.25, 0.3) is 0 Å². The van der Waals surface area contributed by atoms with E-state index in [2.05, 4.69) is 4.98 Å².